The van der Waals surface area contributed by atoms with Gasteiger partial charge in [-0.25, -0.2) is 4.39 Å². The van der Waals surface area contributed by atoms with Gasteiger partial charge in [0.2, 0.25) is 0 Å². The predicted molar refractivity (Wildman–Crippen MR) is 80.9 cm³/mol. The molecular formula is C13H7Br2Cl2F. The Bertz CT molecular complexity index is 536. The Hall–Kier alpha value is -0.0900. The van der Waals surface area contributed by atoms with Crippen LogP contribution >= 0.6 is 55.1 Å². The van der Waals surface area contributed by atoms with E-state index in [1.54, 1.807) is 18.2 Å². The van der Waals surface area contributed by atoms with Crippen molar-refractivity contribution in [3.63, 3.8) is 0 Å². The highest BCUT2D eigenvalue weighted by Gasteiger charge is 2.13. The molecule has 0 N–H and O–H groups in total. The van der Waals surface area contributed by atoms with Gasteiger partial charge in [0, 0.05) is 4.47 Å². The Labute approximate surface area is 131 Å². The lowest BCUT2D eigenvalue weighted by Crippen LogP contribution is -1.94. The van der Waals surface area contributed by atoms with E-state index in [1.165, 1.54) is 6.07 Å². The molecule has 0 saturated heterocycles. The quantitative estimate of drug-likeness (QED) is 0.505. The average molecular weight is 413 g/mol. The zero-order chi connectivity index (χ0) is 13.3. The van der Waals surface area contributed by atoms with Crippen LogP contribution in [0.5, 0.6) is 0 Å². The molecule has 0 radical (unpaired) electrons. The highest BCUT2D eigenvalue weighted by atomic mass is 79.9. The second-order valence-electron chi connectivity index (χ2n) is 3.71. The van der Waals surface area contributed by atoms with Gasteiger partial charge in [-0.1, -0.05) is 23.7 Å². The first-order valence-electron chi connectivity index (χ1n) is 5.03. The lowest BCUT2D eigenvalue weighted by Gasteiger charge is -2.12. The maximum absolute atomic E-state index is 13.2. The first-order valence-corrected chi connectivity index (χ1v) is 7.43. The summed E-state index contributed by atoms with van der Waals surface area (Å²) in [5.41, 5.74) is 1.71. The molecule has 2 aromatic carbocycles. The lowest BCUT2D eigenvalue weighted by atomic mass is 10.0. The molecule has 0 aliphatic heterocycles. The Morgan fingerprint density at radius 3 is 2.06 bits per heavy atom. The fraction of sp³-hybridized carbons (Fsp3) is 0.0769. The van der Waals surface area contributed by atoms with E-state index in [2.05, 4.69) is 31.9 Å². The van der Waals surface area contributed by atoms with Gasteiger partial charge in [0.05, 0.1) is 14.9 Å². The number of hydrogen-bond acceptors (Lipinski definition) is 0. The summed E-state index contributed by atoms with van der Waals surface area (Å²) in [4.78, 5) is 0. The molecule has 0 bridgehead atoms. The van der Waals surface area contributed by atoms with Crippen molar-refractivity contribution in [2.24, 2.45) is 0 Å². The minimum absolute atomic E-state index is 0.306. The van der Waals surface area contributed by atoms with Gasteiger partial charge >= 0.3 is 0 Å². The fourth-order valence-corrected chi connectivity index (χ4v) is 2.71. The third kappa shape index (κ3) is 3.08. The number of alkyl halides is 1. The van der Waals surface area contributed by atoms with Crippen molar-refractivity contribution in [2.75, 3.05) is 0 Å². The molecule has 0 amide bonds. The number of benzene rings is 2. The Morgan fingerprint density at radius 1 is 0.944 bits per heavy atom. The van der Waals surface area contributed by atoms with Gasteiger partial charge in [0.25, 0.3) is 0 Å². The third-order valence-electron chi connectivity index (χ3n) is 2.47. The number of rotatable bonds is 2. The van der Waals surface area contributed by atoms with Crippen molar-refractivity contribution < 1.29 is 4.39 Å². The normalized spacial score (nSPS) is 12.5. The highest BCUT2D eigenvalue weighted by molar-refractivity contribution is 9.10. The number of halogens is 5. The molecule has 0 aliphatic carbocycles. The summed E-state index contributed by atoms with van der Waals surface area (Å²) in [6.07, 6.45) is 0. The Balaban J connectivity index is 2.37. The van der Waals surface area contributed by atoms with Gasteiger partial charge in [-0.2, -0.15) is 0 Å². The molecular weight excluding hydrogens is 406 g/mol. The molecule has 5 heteroatoms. The standard InChI is InChI=1S/C13H7Br2Cl2F/c14-9-5-7(1-3-11(9)16)13(17)8-2-4-12(18)10(15)6-8/h1-6,13H. The zero-order valence-electron chi connectivity index (χ0n) is 8.93. The monoisotopic (exact) mass is 410 g/mol. The molecule has 2 rings (SSSR count). The summed E-state index contributed by atoms with van der Waals surface area (Å²) < 4.78 is 14.4. The van der Waals surface area contributed by atoms with Gasteiger partial charge in [0.1, 0.15) is 5.82 Å². The van der Waals surface area contributed by atoms with Crippen molar-refractivity contribution in [1.29, 1.82) is 0 Å². The maximum atomic E-state index is 13.2. The fourth-order valence-electron chi connectivity index (χ4n) is 1.53. The van der Waals surface area contributed by atoms with Gasteiger partial charge in [-0.15, -0.1) is 11.6 Å². The van der Waals surface area contributed by atoms with E-state index in [0.29, 0.717) is 9.50 Å². The van der Waals surface area contributed by atoms with E-state index in [9.17, 15) is 4.39 Å². The zero-order valence-corrected chi connectivity index (χ0v) is 13.6. The molecule has 1 unspecified atom stereocenters. The number of hydrogen-bond donors (Lipinski definition) is 0. The molecule has 0 heterocycles. The molecule has 0 nitrogen and oxygen atoms in total. The van der Waals surface area contributed by atoms with Gasteiger partial charge in [-0.3, -0.25) is 0 Å². The molecule has 0 aromatic heterocycles. The van der Waals surface area contributed by atoms with Crippen molar-refractivity contribution in [2.45, 2.75) is 5.38 Å². The van der Waals surface area contributed by atoms with Crippen molar-refractivity contribution in [1.82, 2.24) is 0 Å². The van der Waals surface area contributed by atoms with Crippen LogP contribution in [0.4, 0.5) is 4.39 Å². The van der Waals surface area contributed by atoms with Crippen LogP contribution in [0.15, 0.2) is 45.3 Å². The minimum Gasteiger partial charge on any atom is -0.206 e. The second-order valence-corrected chi connectivity index (χ2v) is 6.26. The van der Waals surface area contributed by atoms with Crippen molar-refractivity contribution >= 4 is 55.1 Å². The van der Waals surface area contributed by atoms with E-state index in [-0.39, 0.29) is 11.2 Å². The Morgan fingerprint density at radius 2 is 1.50 bits per heavy atom. The molecule has 0 aliphatic rings. The van der Waals surface area contributed by atoms with Gasteiger partial charge in [-0.05, 0) is 67.3 Å². The SMILES string of the molecule is Fc1ccc(C(Cl)c2ccc(Cl)c(Br)c2)cc1Br. The molecule has 1 atom stereocenters. The first-order chi connectivity index (χ1) is 8.49. The Kier molecular flexibility index (Phi) is 4.70. The third-order valence-corrected chi connectivity index (χ3v) is 4.80. The van der Waals surface area contributed by atoms with Crippen LogP contribution in [0.3, 0.4) is 0 Å². The molecule has 0 fully saturated rings. The smallest absolute Gasteiger partial charge is 0.137 e. The van der Waals surface area contributed by atoms with Crippen LogP contribution in [0, 0.1) is 5.82 Å². The highest BCUT2D eigenvalue weighted by Crippen LogP contribution is 2.34. The predicted octanol–water partition coefficient (Wildman–Crippen LogP) is 6.33. The van der Waals surface area contributed by atoms with E-state index in [1.807, 2.05) is 12.1 Å². The van der Waals surface area contributed by atoms with Crippen LogP contribution in [-0.2, 0) is 0 Å². The molecule has 0 saturated carbocycles. The second kappa shape index (κ2) is 5.91. The van der Waals surface area contributed by atoms with Crippen LogP contribution < -0.4 is 0 Å². The van der Waals surface area contributed by atoms with E-state index in [4.69, 9.17) is 23.2 Å². The van der Waals surface area contributed by atoms with Gasteiger partial charge < -0.3 is 0 Å². The molecule has 94 valence electrons. The van der Waals surface area contributed by atoms with E-state index >= 15 is 0 Å². The van der Waals surface area contributed by atoms with Crippen LogP contribution in [0.1, 0.15) is 16.5 Å². The van der Waals surface area contributed by atoms with Crippen molar-refractivity contribution in [3.8, 4) is 0 Å². The largest absolute Gasteiger partial charge is 0.206 e. The van der Waals surface area contributed by atoms with Crippen LogP contribution in [0.25, 0.3) is 0 Å². The van der Waals surface area contributed by atoms with Crippen LogP contribution in [0.2, 0.25) is 5.02 Å². The van der Waals surface area contributed by atoms with E-state index in [0.717, 1.165) is 15.6 Å². The minimum atomic E-state index is -0.351. The summed E-state index contributed by atoms with van der Waals surface area (Å²) in [6.45, 7) is 0. The molecule has 18 heavy (non-hydrogen) atoms. The summed E-state index contributed by atoms with van der Waals surface area (Å²) in [5.74, 6) is -0.306. The van der Waals surface area contributed by atoms with E-state index < -0.39 is 0 Å². The maximum Gasteiger partial charge on any atom is 0.137 e. The summed E-state index contributed by atoms with van der Waals surface area (Å²) in [6, 6.07) is 10.2. The summed E-state index contributed by atoms with van der Waals surface area (Å²) >= 11 is 18.8. The lowest BCUT2D eigenvalue weighted by molar-refractivity contribution is 0.620. The topological polar surface area (TPSA) is 0 Å². The van der Waals surface area contributed by atoms with Crippen molar-refractivity contribution in [3.05, 3.63) is 67.3 Å². The van der Waals surface area contributed by atoms with Crippen LogP contribution in [-0.4, -0.2) is 0 Å². The average Bonchev–Trinajstić information content (AvgIpc) is 2.35. The molecule has 0 spiro atoms. The summed E-state index contributed by atoms with van der Waals surface area (Å²) in [5, 5.41) is 0.276. The van der Waals surface area contributed by atoms with Gasteiger partial charge in [0.15, 0.2) is 0 Å². The summed E-state index contributed by atoms with van der Waals surface area (Å²) in [7, 11) is 0. The first kappa shape index (κ1) is 14.3. The molecule has 2 aromatic rings.